The number of allylic oxidation sites excluding steroid dienone is 1. The van der Waals surface area contributed by atoms with Gasteiger partial charge >= 0.3 is 0 Å². The molecule has 4 rings (SSSR count). The van der Waals surface area contributed by atoms with E-state index >= 15 is 0 Å². The van der Waals surface area contributed by atoms with Gasteiger partial charge in [-0.2, -0.15) is 0 Å². The van der Waals surface area contributed by atoms with E-state index in [2.05, 4.69) is 0 Å². The van der Waals surface area contributed by atoms with Crippen LogP contribution in [0.5, 0.6) is 17.2 Å². The van der Waals surface area contributed by atoms with Crippen LogP contribution in [0.1, 0.15) is 21.5 Å². The molecular weight excluding hydrogens is 376 g/mol. The SMILES string of the molecule is COc1ccccc1COc1ccc2c(c1)O/C(=C\c1ccccc1Cl)C2=O. The van der Waals surface area contributed by atoms with Crippen molar-refractivity contribution in [3.8, 4) is 17.2 Å². The summed E-state index contributed by atoms with van der Waals surface area (Å²) in [5.41, 5.74) is 2.16. The van der Waals surface area contributed by atoms with Crippen molar-refractivity contribution in [2.24, 2.45) is 0 Å². The van der Waals surface area contributed by atoms with E-state index in [4.69, 9.17) is 25.8 Å². The van der Waals surface area contributed by atoms with Gasteiger partial charge in [0.1, 0.15) is 23.9 Å². The van der Waals surface area contributed by atoms with E-state index in [1.165, 1.54) is 0 Å². The van der Waals surface area contributed by atoms with Crippen molar-refractivity contribution < 1.29 is 19.0 Å². The van der Waals surface area contributed by atoms with E-state index in [-0.39, 0.29) is 11.5 Å². The summed E-state index contributed by atoms with van der Waals surface area (Å²) >= 11 is 6.17. The zero-order valence-electron chi connectivity index (χ0n) is 15.1. The molecule has 0 fully saturated rings. The van der Waals surface area contributed by atoms with Gasteiger partial charge in [0.2, 0.25) is 5.78 Å². The first-order chi connectivity index (χ1) is 13.7. The monoisotopic (exact) mass is 392 g/mol. The van der Waals surface area contributed by atoms with Crippen molar-refractivity contribution in [1.29, 1.82) is 0 Å². The number of ether oxygens (including phenoxy) is 3. The van der Waals surface area contributed by atoms with Gasteiger partial charge in [-0.3, -0.25) is 4.79 Å². The number of halogens is 1. The minimum Gasteiger partial charge on any atom is -0.496 e. The predicted molar refractivity (Wildman–Crippen MR) is 108 cm³/mol. The van der Waals surface area contributed by atoms with Gasteiger partial charge in [-0.05, 0) is 35.9 Å². The molecule has 140 valence electrons. The van der Waals surface area contributed by atoms with E-state index in [0.717, 1.165) is 16.9 Å². The Bertz CT molecular complexity index is 1070. The molecule has 5 heteroatoms. The quantitative estimate of drug-likeness (QED) is 0.534. The highest BCUT2D eigenvalue weighted by atomic mass is 35.5. The molecule has 0 saturated carbocycles. The molecule has 0 unspecified atom stereocenters. The third-order valence-electron chi connectivity index (χ3n) is 4.42. The Labute approximate surface area is 167 Å². The summed E-state index contributed by atoms with van der Waals surface area (Å²) < 4.78 is 17.0. The molecule has 3 aromatic carbocycles. The highest BCUT2D eigenvalue weighted by Gasteiger charge is 2.28. The van der Waals surface area contributed by atoms with Crippen molar-refractivity contribution >= 4 is 23.5 Å². The van der Waals surface area contributed by atoms with Crippen LogP contribution >= 0.6 is 11.6 Å². The van der Waals surface area contributed by atoms with Gasteiger partial charge in [-0.25, -0.2) is 0 Å². The van der Waals surface area contributed by atoms with Crippen molar-refractivity contribution in [2.45, 2.75) is 6.61 Å². The molecule has 0 bridgehead atoms. The van der Waals surface area contributed by atoms with Crippen molar-refractivity contribution in [3.05, 3.63) is 94.2 Å². The second kappa shape index (κ2) is 7.79. The summed E-state index contributed by atoms with van der Waals surface area (Å²) in [7, 11) is 1.63. The molecule has 1 heterocycles. The Balaban J connectivity index is 1.53. The van der Waals surface area contributed by atoms with E-state index < -0.39 is 0 Å². The smallest absolute Gasteiger partial charge is 0.231 e. The van der Waals surface area contributed by atoms with Crippen LogP contribution in [-0.4, -0.2) is 12.9 Å². The average Bonchev–Trinajstić information content (AvgIpc) is 3.03. The highest BCUT2D eigenvalue weighted by Crippen LogP contribution is 2.35. The number of para-hydroxylation sites is 1. The Hall–Kier alpha value is -3.24. The number of carbonyl (C=O) groups excluding carboxylic acids is 1. The van der Waals surface area contributed by atoms with E-state index in [1.807, 2.05) is 42.5 Å². The van der Waals surface area contributed by atoms with Crippen molar-refractivity contribution in [1.82, 2.24) is 0 Å². The Morgan fingerprint density at radius 2 is 1.82 bits per heavy atom. The first kappa shape index (κ1) is 18.1. The highest BCUT2D eigenvalue weighted by molar-refractivity contribution is 6.32. The predicted octanol–water partition coefficient (Wildman–Crippen LogP) is 5.54. The number of carbonyl (C=O) groups is 1. The van der Waals surface area contributed by atoms with Gasteiger partial charge in [0.15, 0.2) is 5.76 Å². The third kappa shape index (κ3) is 3.59. The second-order valence-corrected chi connectivity index (χ2v) is 6.63. The molecule has 1 aliphatic heterocycles. The standard InChI is InChI=1S/C23H17ClO4/c1-26-20-9-5-3-7-16(20)14-27-17-10-11-18-21(13-17)28-22(23(18)25)12-15-6-2-4-8-19(15)24/h2-13H,14H2,1H3/b22-12-. The van der Waals surface area contributed by atoms with Crippen LogP contribution in [0.3, 0.4) is 0 Å². The Kier molecular flexibility index (Phi) is 5.04. The molecule has 0 aliphatic carbocycles. The first-order valence-electron chi connectivity index (χ1n) is 8.73. The lowest BCUT2D eigenvalue weighted by Gasteiger charge is -2.10. The number of Topliss-reactive ketones (excluding diaryl/α,β-unsaturated/α-hetero) is 1. The maximum absolute atomic E-state index is 12.6. The Morgan fingerprint density at radius 3 is 2.64 bits per heavy atom. The molecule has 0 aromatic heterocycles. The van der Waals surface area contributed by atoms with Gasteiger partial charge in [-0.15, -0.1) is 0 Å². The number of hydrogen-bond acceptors (Lipinski definition) is 4. The fourth-order valence-corrected chi connectivity index (χ4v) is 3.16. The fraction of sp³-hybridized carbons (Fsp3) is 0.0870. The molecule has 0 saturated heterocycles. The second-order valence-electron chi connectivity index (χ2n) is 6.22. The molecule has 0 radical (unpaired) electrons. The number of ketones is 1. The summed E-state index contributed by atoms with van der Waals surface area (Å²) in [6, 6.07) is 20.1. The van der Waals surface area contributed by atoms with Crippen molar-refractivity contribution in [2.75, 3.05) is 7.11 Å². The minimum atomic E-state index is -0.175. The van der Waals surface area contributed by atoms with Gasteiger partial charge in [0.25, 0.3) is 0 Å². The molecule has 3 aromatic rings. The van der Waals surface area contributed by atoms with E-state index in [9.17, 15) is 4.79 Å². The van der Waals surface area contributed by atoms with Crippen LogP contribution in [-0.2, 0) is 6.61 Å². The molecular formula is C23H17ClO4. The topological polar surface area (TPSA) is 44.8 Å². The largest absolute Gasteiger partial charge is 0.496 e. The van der Waals surface area contributed by atoms with Crippen LogP contribution in [0.2, 0.25) is 5.02 Å². The lowest BCUT2D eigenvalue weighted by Crippen LogP contribution is -1.99. The van der Waals surface area contributed by atoms with Crippen LogP contribution < -0.4 is 14.2 Å². The molecule has 28 heavy (non-hydrogen) atoms. The summed E-state index contributed by atoms with van der Waals surface area (Å²) in [5, 5.41) is 0.559. The molecule has 0 atom stereocenters. The summed E-state index contributed by atoms with van der Waals surface area (Å²) in [5.74, 6) is 1.91. The minimum absolute atomic E-state index is 0.175. The van der Waals surface area contributed by atoms with Gasteiger partial charge in [0.05, 0.1) is 12.7 Å². The third-order valence-corrected chi connectivity index (χ3v) is 4.76. The molecule has 0 amide bonds. The zero-order chi connectivity index (χ0) is 19.5. The van der Waals surface area contributed by atoms with Gasteiger partial charge in [-0.1, -0.05) is 48.0 Å². The van der Waals surface area contributed by atoms with Crippen LogP contribution in [0.25, 0.3) is 6.08 Å². The normalized spacial score (nSPS) is 13.9. The number of benzene rings is 3. The first-order valence-corrected chi connectivity index (χ1v) is 9.11. The van der Waals surface area contributed by atoms with Crippen LogP contribution in [0, 0.1) is 0 Å². The summed E-state index contributed by atoms with van der Waals surface area (Å²) in [6.07, 6.45) is 1.65. The van der Waals surface area contributed by atoms with Gasteiger partial charge < -0.3 is 14.2 Å². The van der Waals surface area contributed by atoms with Crippen LogP contribution in [0.15, 0.2) is 72.5 Å². The van der Waals surface area contributed by atoms with Crippen molar-refractivity contribution in [3.63, 3.8) is 0 Å². The van der Waals surface area contributed by atoms with E-state index in [1.54, 1.807) is 37.5 Å². The molecule has 0 N–H and O–H groups in total. The fourth-order valence-electron chi connectivity index (χ4n) is 2.97. The summed E-state index contributed by atoms with van der Waals surface area (Å²) in [6.45, 7) is 0.346. The zero-order valence-corrected chi connectivity index (χ0v) is 15.9. The van der Waals surface area contributed by atoms with Crippen LogP contribution in [0.4, 0.5) is 0 Å². The number of rotatable bonds is 5. The van der Waals surface area contributed by atoms with Gasteiger partial charge in [0, 0.05) is 16.7 Å². The molecule has 0 spiro atoms. The average molecular weight is 393 g/mol. The Morgan fingerprint density at radius 1 is 1.04 bits per heavy atom. The van der Waals surface area contributed by atoms with E-state index in [0.29, 0.717) is 28.7 Å². The number of methoxy groups -OCH3 is 1. The molecule has 4 nitrogen and oxygen atoms in total. The maximum atomic E-state index is 12.6. The maximum Gasteiger partial charge on any atom is 0.231 e. The summed E-state index contributed by atoms with van der Waals surface area (Å²) in [4.78, 5) is 12.6. The number of fused-ring (bicyclic) bond motifs is 1. The molecule has 1 aliphatic rings. The lowest BCUT2D eigenvalue weighted by atomic mass is 10.1. The number of hydrogen-bond donors (Lipinski definition) is 0. The lowest BCUT2D eigenvalue weighted by molar-refractivity contribution is 0.101.